The molecule has 0 fully saturated rings. The third kappa shape index (κ3) is 9.94. The van der Waals surface area contributed by atoms with Crippen LogP contribution in [0.15, 0.2) is 30.3 Å². The van der Waals surface area contributed by atoms with E-state index in [1.165, 1.54) is 0 Å². The Kier molecular flexibility index (Phi) is 11.3. The van der Waals surface area contributed by atoms with Crippen molar-refractivity contribution in [2.45, 2.75) is 6.92 Å². The van der Waals surface area contributed by atoms with E-state index in [0.717, 1.165) is 0 Å². The molecule has 7 nitrogen and oxygen atoms in total. The second kappa shape index (κ2) is 13.5. The molecule has 24 heavy (non-hydrogen) atoms. The highest BCUT2D eigenvalue weighted by Crippen LogP contribution is 2.00. The molecule has 0 spiro atoms. The Morgan fingerprint density at radius 3 is 2.00 bits per heavy atom. The molecule has 0 unspecified atom stereocenters. The summed E-state index contributed by atoms with van der Waals surface area (Å²) in [5.41, 5.74) is 0.517. The Morgan fingerprint density at radius 1 is 0.792 bits per heavy atom. The quantitative estimate of drug-likeness (QED) is 0.397. The summed E-state index contributed by atoms with van der Waals surface area (Å²) in [6.07, 6.45) is 0. The van der Waals surface area contributed by atoms with Crippen LogP contribution in [0, 0.1) is 0 Å². The summed E-state index contributed by atoms with van der Waals surface area (Å²) in [5.74, 6) is -0.750. The van der Waals surface area contributed by atoms with Gasteiger partial charge in [0.15, 0.2) is 0 Å². The number of ether oxygens (including phenoxy) is 5. The summed E-state index contributed by atoms with van der Waals surface area (Å²) in [4.78, 5) is 22.6. The number of hydrogen-bond acceptors (Lipinski definition) is 7. The smallest absolute Gasteiger partial charge is 0.338 e. The zero-order valence-corrected chi connectivity index (χ0v) is 13.9. The van der Waals surface area contributed by atoms with Gasteiger partial charge in [-0.3, -0.25) is 0 Å². The van der Waals surface area contributed by atoms with Crippen LogP contribution in [-0.2, 0) is 28.5 Å². The molecule has 1 aromatic rings. The topological polar surface area (TPSA) is 80.3 Å². The van der Waals surface area contributed by atoms with Crippen LogP contribution in [0.5, 0.6) is 0 Å². The van der Waals surface area contributed by atoms with Crippen molar-refractivity contribution in [2.75, 3.05) is 52.9 Å². The first-order valence-electron chi connectivity index (χ1n) is 7.85. The molecular weight excluding hydrogens is 316 g/mol. The molecule has 0 radical (unpaired) electrons. The number of benzene rings is 1. The summed E-state index contributed by atoms with van der Waals surface area (Å²) in [7, 11) is 0. The van der Waals surface area contributed by atoms with Gasteiger partial charge in [-0.25, -0.2) is 9.59 Å². The highest BCUT2D eigenvalue weighted by molar-refractivity contribution is 5.89. The van der Waals surface area contributed by atoms with Crippen LogP contribution in [0.4, 0.5) is 0 Å². The van der Waals surface area contributed by atoms with Crippen LogP contribution < -0.4 is 0 Å². The largest absolute Gasteiger partial charge is 0.464 e. The Labute approximate surface area is 141 Å². The molecule has 0 atom stereocenters. The van der Waals surface area contributed by atoms with Gasteiger partial charge in [0.05, 0.1) is 45.2 Å². The van der Waals surface area contributed by atoms with Crippen molar-refractivity contribution < 1.29 is 33.3 Å². The standard InChI is InChI=1S/C17H24O7/c1-2-23-16(18)14-22-11-10-20-8-9-21-12-13-24-17(19)15-6-4-3-5-7-15/h3-7H,2,8-14H2,1H3. The highest BCUT2D eigenvalue weighted by Gasteiger charge is 2.05. The second-order valence-corrected chi connectivity index (χ2v) is 4.58. The molecule has 1 rings (SSSR count). The molecule has 0 N–H and O–H groups in total. The highest BCUT2D eigenvalue weighted by atomic mass is 16.6. The maximum Gasteiger partial charge on any atom is 0.338 e. The number of esters is 2. The van der Waals surface area contributed by atoms with Gasteiger partial charge in [-0.05, 0) is 19.1 Å². The van der Waals surface area contributed by atoms with Crippen LogP contribution in [0.3, 0.4) is 0 Å². The van der Waals surface area contributed by atoms with Crippen molar-refractivity contribution in [1.29, 1.82) is 0 Å². The van der Waals surface area contributed by atoms with Gasteiger partial charge >= 0.3 is 11.9 Å². The summed E-state index contributed by atoms with van der Waals surface area (Å²) >= 11 is 0. The maximum atomic E-state index is 11.6. The fourth-order valence-electron chi connectivity index (χ4n) is 1.65. The fraction of sp³-hybridized carbons (Fsp3) is 0.529. The monoisotopic (exact) mass is 340 g/mol. The average molecular weight is 340 g/mol. The molecule has 0 aliphatic heterocycles. The number of hydrogen-bond donors (Lipinski definition) is 0. The molecular formula is C17H24O7. The number of rotatable bonds is 13. The fourth-order valence-corrected chi connectivity index (χ4v) is 1.65. The predicted octanol–water partition coefficient (Wildman–Crippen LogP) is 1.46. The lowest BCUT2D eigenvalue weighted by atomic mass is 10.2. The first-order valence-corrected chi connectivity index (χ1v) is 7.85. The molecule has 134 valence electrons. The molecule has 0 heterocycles. The minimum atomic E-state index is -0.383. The van der Waals surface area contributed by atoms with Crippen molar-refractivity contribution in [3.8, 4) is 0 Å². The van der Waals surface area contributed by atoms with Gasteiger partial charge in [-0.2, -0.15) is 0 Å². The minimum absolute atomic E-state index is 0.0690. The average Bonchev–Trinajstić information content (AvgIpc) is 2.60. The minimum Gasteiger partial charge on any atom is -0.464 e. The van der Waals surface area contributed by atoms with E-state index in [4.69, 9.17) is 23.7 Å². The molecule has 0 bridgehead atoms. The Balaban J connectivity index is 1.86. The normalized spacial score (nSPS) is 10.4. The summed E-state index contributed by atoms with van der Waals surface area (Å²) in [6, 6.07) is 8.78. The van der Waals surface area contributed by atoms with Crippen molar-refractivity contribution in [2.24, 2.45) is 0 Å². The Bertz CT molecular complexity index is 461. The second-order valence-electron chi connectivity index (χ2n) is 4.58. The zero-order valence-electron chi connectivity index (χ0n) is 13.9. The van der Waals surface area contributed by atoms with Crippen LogP contribution in [0.1, 0.15) is 17.3 Å². The summed E-state index contributed by atoms with van der Waals surface area (Å²) < 4.78 is 25.4. The van der Waals surface area contributed by atoms with Crippen LogP contribution >= 0.6 is 0 Å². The van der Waals surface area contributed by atoms with Gasteiger partial charge in [-0.15, -0.1) is 0 Å². The van der Waals surface area contributed by atoms with E-state index >= 15 is 0 Å². The molecule has 0 aromatic heterocycles. The van der Waals surface area contributed by atoms with Crippen molar-refractivity contribution in [3.05, 3.63) is 35.9 Å². The molecule has 0 saturated heterocycles. The van der Waals surface area contributed by atoms with Crippen molar-refractivity contribution >= 4 is 11.9 Å². The molecule has 0 saturated carbocycles. The molecule has 0 amide bonds. The van der Waals surface area contributed by atoms with E-state index in [1.54, 1.807) is 31.2 Å². The lowest BCUT2D eigenvalue weighted by Crippen LogP contribution is -2.16. The maximum absolute atomic E-state index is 11.6. The first kappa shape index (κ1) is 20.1. The van der Waals surface area contributed by atoms with Gasteiger partial charge in [0, 0.05) is 0 Å². The van der Waals surface area contributed by atoms with Gasteiger partial charge < -0.3 is 23.7 Å². The molecule has 0 aliphatic carbocycles. The van der Waals surface area contributed by atoms with E-state index < -0.39 is 0 Å². The SMILES string of the molecule is CCOC(=O)COCCOCCOCCOC(=O)c1ccccc1. The molecule has 0 aliphatic rings. The van der Waals surface area contributed by atoms with Crippen molar-refractivity contribution in [3.63, 3.8) is 0 Å². The molecule has 1 aromatic carbocycles. The van der Waals surface area contributed by atoms with E-state index in [-0.39, 0.29) is 25.2 Å². The van der Waals surface area contributed by atoms with E-state index in [0.29, 0.717) is 45.2 Å². The molecule has 7 heteroatoms. The third-order valence-electron chi connectivity index (χ3n) is 2.74. The zero-order chi connectivity index (χ0) is 17.5. The van der Waals surface area contributed by atoms with E-state index in [9.17, 15) is 9.59 Å². The summed E-state index contributed by atoms with van der Waals surface area (Å²) in [5, 5.41) is 0. The first-order chi connectivity index (χ1) is 11.7. The van der Waals surface area contributed by atoms with Crippen LogP contribution in [-0.4, -0.2) is 64.8 Å². The van der Waals surface area contributed by atoms with E-state index in [1.807, 2.05) is 6.07 Å². The van der Waals surface area contributed by atoms with Gasteiger partial charge in [0.1, 0.15) is 13.2 Å². The van der Waals surface area contributed by atoms with Gasteiger partial charge in [0.2, 0.25) is 0 Å². The van der Waals surface area contributed by atoms with Gasteiger partial charge in [0.25, 0.3) is 0 Å². The summed E-state index contributed by atoms with van der Waals surface area (Å²) in [6.45, 7) is 3.98. The Hall–Kier alpha value is -1.96. The number of carbonyl (C=O) groups is 2. The predicted molar refractivity (Wildman–Crippen MR) is 85.8 cm³/mol. The lowest BCUT2D eigenvalue weighted by molar-refractivity contribution is -0.148. The van der Waals surface area contributed by atoms with Gasteiger partial charge in [-0.1, -0.05) is 18.2 Å². The third-order valence-corrected chi connectivity index (χ3v) is 2.74. The van der Waals surface area contributed by atoms with Crippen molar-refractivity contribution in [1.82, 2.24) is 0 Å². The van der Waals surface area contributed by atoms with E-state index in [2.05, 4.69) is 0 Å². The van der Waals surface area contributed by atoms with Crippen LogP contribution in [0.2, 0.25) is 0 Å². The van der Waals surface area contributed by atoms with Crippen LogP contribution in [0.25, 0.3) is 0 Å². The Morgan fingerprint density at radius 2 is 1.38 bits per heavy atom. The lowest BCUT2D eigenvalue weighted by Gasteiger charge is -2.07. The number of carbonyl (C=O) groups excluding carboxylic acids is 2.